The Morgan fingerprint density at radius 3 is 2.48 bits per heavy atom. The van der Waals surface area contributed by atoms with Gasteiger partial charge in [0.2, 0.25) is 5.91 Å². The lowest BCUT2D eigenvalue weighted by Crippen LogP contribution is -2.19. The first-order chi connectivity index (χ1) is 10.9. The number of amides is 2. The molecule has 0 aliphatic rings. The summed E-state index contributed by atoms with van der Waals surface area (Å²) < 4.78 is 5.33. The highest BCUT2D eigenvalue weighted by molar-refractivity contribution is 6.02. The molecule has 23 heavy (non-hydrogen) atoms. The fraction of sp³-hybridized carbons (Fsp3) is 0.235. The molecule has 2 rings (SSSR count). The van der Waals surface area contributed by atoms with Crippen LogP contribution in [-0.2, 0) is 4.79 Å². The van der Waals surface area contributed by atoms with Crippen LogP contribution in [0.25, 0.3) is 0 Å². The number of carbonyl (C=O) groups is 2. The average molecular weight is 313 g/mol. The number of hydrogen-bond acceptors (Lipinski definition) is 4. The van der Waals surface area contributed by atoms with E-state index in [1.807, 2.05) is 12.1 Å². The van der Waals surface area contributed by atoms with Crippen LogP contribution in [0.5, 0.6) is 0 Å². The maximum Gasteiger partial charge on any atom is 0.274 e. The van der Waals surface area contributed by atoms with Crippen molar-refractivity contribution in [2.75, 3.05) is 5.32 Å². The summed E-state index contributed by atoms with van der Waals surface area (Å²) in [6, 6.07) is 8.91. The Balaban J connectivity index is 2.12. The van der Waals surface area contributed by atoms with Gasteiger partial charge in [0, 0.05) is 12.6 Å². The second-order valence-electron chi connectivity index (χ2n) is 5.23. The van der Waals surface area contributed by atoms with Crippen molar-refractivity contribution >= 4 is 23.2 Å². The minimum atomic E-state index is -0.322. The third-order valence-corrected chi connectivity index (χ3v) is 3.21. The Morgan fingerprint density at radius 2 is 1.87 bits per heavy atom. The molecule has 0 bridgehead atoms. The van der Waals surface area contributed by atoms with Gasteiger partial charge in [0.1, 0.15) is 11.5 Å². The number of hydrazone groups is 1. The molecular formula is C17H19N3O3. The Hall–Kier alpha value is -2.89. The fourth-order valence-electron chi connectivity index (χ4n) is 2.14. The van der Waals surface area contributed by atoms with Gasteiger partial charge in [-0.2, -0.15) is 5.10 Å². The first kappa shape index (κ1) is 16.5. The molecule has 0 spiro atoms. The van der Waals surface area contributed by atoms with Gasteiger partial charge in [-0.05, 0) is 44.5 Å². The van der Waals surface area contributed by atoms with Gasteiger partial charge < -0.3 is 9.73 Å². The summed E-state index contributed by atoms with van der Waals surface area (Å²) in [6.07, 6.45) is 0. The number of rotatable bonds is 4. The van der Waals surface area contributed by atoms with E-state index in [1.54, 1.807) is 39.0 Å². The van der Waals surface area contributed by atoms with Gasteiger partial charge in [0.15, 0.2) is 0 Å². The van der Waals surface area contributed by atoms with Crippen molar-refractivity contribution < 1.29 is 14.0 Å². The van der Waals surface area contributed by atoms with E-state index in [0.717, 1.165) is 5.56 Å². The monoisotopic (exact) mass is 313 g/mol. The lowest BCUT2D eigenvalue weighted by atomic mass is 10.1. The molecule has 6 nitrogen and oxygen atoms in total. The van der Waals surface area contributed by atoms with E-state index < -0.39 is 0 Å². The quantitative estimate of drug-likeness (QED) is 0.672. The van der Waals surface area contributed by atoms with Crippen LogP contribution in [0.15, 0.2) is 39.9 Å². The maximum absolute atomic E-state index is 12.1. The number of nitrogens with one attached hydrogen (secondary N) is 2. The number of aryl methyl sites for hydroxylation is 2. The van der Waals surface area contributed by atoms with Gasteiger partial charge >= 0.3 is 0 Å². The molecule has 0 saturated carbocycles. The van der Waals surface area contributed by atoms with Gasteiger partial charge in [-0.15, -0.1) is 0 Å². The number of carbonyl (C=O) groups excluding carboxylic acids is 2. The van der Waals surface area contributed by atoms with Crippen molar-refractivity contribution in [2.24, 2.45) is 5.10 Å². The van der Waals surface area contributed by atoms with Crippen LogP contribution < -0.4 is 10.7 Å². The minimum absolute atomic E-state index is 0.143. The molecule has 2 aromatic rings. The van der Waals surface area contributed by atoms with Crippen LogP contribution in [0.4, 0.5) is 5.69 Å². The smallest absolute Gasteiger partial charge is 0.274 e. The van der Waals surface area contributed by atoms with Gasteiger partial charge in [-0.1, -0.05) is 12.1 Å². The van der Waals surface area contributed by atoms with Crippen molar-refractivity contribution in [1.82, 2.24) is 5.43 Å². The fourth-order valence-corrected chi connectivity index (χ4v) is 2.14. The first-order valence-electron chi connectivity index (χ1n) is 7.16. The Bertz CT molecular complexity index is 775. The number of nitrogens with zero attached hydrogens (tertiary/aromatic N) is 1. The van der Waals surface area contributed by atoms with Crippen molar-refractivity contribution in [3.63, 3.8) is 0 Å². The maximum atomic E-state index is 12.1. The van der Waals surface area contributed by atoms with Gasteiger partial charge in [-0.3, -0.25) is 9.59 Å². The summed E-state index contributed by atoms with van der Waals surface area (Å²) in [6.45, 7) is 6.74. The van der Waals surface area contributed by atoms with Crippen LogP contribution in [0.1, 0.15) is 41.3 Å². The lowest BCUT2D eigenvalue weighted by Gasteiger charge is -2.06. The predicted octanol–water partition coefficient (Wildman–Crippen LogP) is 3.01. The van der Waals surface area contributed by atoms with E-state index in [2.05, 4.69) is 15.8 Å². The van der Waals surface area contributed by atoms with Crippen LogP contribution in [0.2, 0.25) is 0 Å². The molecule has 0 radical (unpaired) electrons. The standard InChI is InChI=1S/C17H19N3O3/c1-10-8-16(12(3)23-10)17(22)20-19-11(2)14-6-5-7-15(9-14)18-13(4)21/h5-9H,1-4H3,(H,18,21)(H,20,22). The molecule has 2 N–H and O–H groups in total. The zero-order chi connectivity index (χ0) is 17.0. The van der Waals surface area contributed by atoms with E-state index in [-0.39, 0.29) is 11.8 Å². The third kappa shape index (κ3) is 4.29. The predicted molar refractivity (Wildman–Crippen MR) is 88.6 cm³/mol. The van der Waals surface area contributed by atoms with Crippen molar-refractivity contribution in [2.45, 2.75) is 27.7 Å². The molecule has 0 aliphatic heterocycles. The highest BCUT2D eigenvalue weighted by atomic mass is 16.3. The molecule has 1 aromatic heterocycles. The molecule has 1 aromatic carbocycles. The molecule has 0 fully saturated rings. The van der Waals surface area contributed by atoms with E-state index >= 15 is 0 Å². The number of furan rings is 1. The summed E-state index contributed by atoms with van der Waals surface area (Å²) in [5.74, 6) is 0.768. The van der Waals surface area contributed by atoms with Crippen LogP contribution in [-0.4, -0.2) is 17.5 Å². The normalized spacial score (nSPS) is 11.2. The lowest BCUT2D eigenvalue weighted by molar-refractivity contribution is -0.114. The Labute approximate surface area is 134 Å². The Morgan fingerprint density at radius 1 is 1.13 bits per heavy atom. The SMILES string of the molecule is CC(=O)Nc1cccc(C(C)=NNC(=O)c2cc(C)oc2C)c1. The second kappa shape index (κ2) is 6.91. The summed E-state index contributed by atoms with van der Waals surface area (Å²) in [7, 11) is 0. The average Bonchev–Trinajstić information content (AvgIpc) is 2.83. The van der Waals surface area contributed by atoms with Crippen molar-refractivity contribution in [3.05, 3.63) is 53.0 Å². The summed E-state index contributed by atoms with van der Waals surface area (Å²) in [5, 5.41) is 6.81. The zero-order valence-corrected chi connectivity index (χ0v) is 13.6. The largest absolute Gasteiger partial charge is 0.466 e. The number of hydrogen-bond donors (Lipinski definition) is 2. The third-order valence-electron chi connectivity index (χ3n) is 3.21. The molecule has 1 heterocycles. The summed E-state index contributed by atoms with van der Waals surface area (Å²) in [5.41, 5.74) is 5.09. The molecule has 120 valence electrons. The van der Waals surface area contributed by atoms with E-state index in [4.69, 9.17) is 4.42 Å². The van der Waals surface area contributed by atoms with Crippen LogP contribution in [0, 0.1) is 13.8 Å². The molecular weight excluding hydrogens is 294 g/mol. The van der Waals surface area contributed by atoms with Crippen LogP contribution in [0.3, 0.4) is 0 Å². The number of anilines is 1. The highest BCUT2D eigenvalue weighted by Crippen LogP contribution is 2.14. The first-order valence-corrected chi connectivity index (χ1v) is 7.16. The summed E-state index contributed by atoms with van der Waals surface area (Å²) in [4.78, 5) is 23.2. The van der Waals surface area contributed by atoms with Crippen LogP contribution >= 0.6 is 0 Å². The molecule has 0 unspecified atom stereocenters. The van der Waals surface area contributed by atoms with E-state index in [0.29, 0.717) is 28.5 Å². The van der Waals surface area contributed by atoms with Gasteiger partial charge in [-0.25, -0.2) is 5.43 Å². The van der Waals surface area contributed by atoms with Gasteiger partial charge in [0.05, 0.1) is 11.3 Å². The topological polar surface area (TPSA) is 83.7 Å². The van der Waals surface area contributed by atoms with E-state index in [9.17, 15) is 9.59 Å². The van der Waals surface area contributed by atoms with Crippen molar-refractivity contribution in [3.8, 4) is 0 Å². The molecule has 2 amide bonds. The van der Waals surface area contributed by atoms with Gasteiger partial charge in [0.25, 0.3) is 5.91 Å². The molecule has 6 heteroatoms. The molecule has 0 saturated heterocycles. The second-order valence-corrected chi connectivity index (χ2v) is 5.23. The van der Waals surface area contributed by atoms with Crippen molar-refractivity contribution in [1.29, 1.82) is 0 Å². The highest BCUT2D eigenvalue weighted by Gasteiger charge is 2.13. The number of benzene rings is 1. The molecule has 0 aliphatic carbocycles. The minimum Gasteiger partial charge on any atom is -0.466 e. The van der Waals surface area contributed by atoms with E-state index in [1.165, 1.54) is 6.92 Å². The molecule has 0 atom stereocenters. The summed E-state index contributed by atoms with van der Waals surface area (Å²) >= 11 is 0. The Kier molecular flexibility index (Phi) is 4.95. The zero-order valence-electron chi connectivity index (χ0n) is 13.6.